The van der Waals surface area contributed by atoms with Crippen molar-refractivity contribution in [1.82, 2.24) is 24.4 Å². The normalized spacial score (nSPS) is 14.6. The molecule has 0 bridgehead atoms. The Balaban J connectivity index is 0.00000226. The van der Waals surface area contributed by atoms with Gasteiger partial charge in [0, 0.05) is 45.4 Å². The summed E-state index contributed by atoms with van der Waals surface area (Å²) in [6.07, 6.45) is -3.99. The molecule has 1 unspecified atom stereocenters. The molecule has 1 aliphatic heterocycles. The van der Waals surface area contributed by atoms with E-state index < -0.39 is 23.7 Å². The van der Waals surface area contributed by atoms with Crippen LogP contribution in [0, 0.1) is 5.92 Å². The number of hydrogen-bond acceptors (Lipinski definition) is 4. The Morgan fingerprint density at radius 2 is 1.73 bits per heavy atom. The molecule has 0 spiro atoms. The van der Waals surface area contributed by atoms with Gasteiger partial charge >= 0.3 is 6.18 Å². The summed E-state index contributed by atoms with van der Waals surface area (Å²) >= 11 is 2.92. The van der Waals surface area contributed by atoms with Crippen molar-refractivity contribution >= 4 is 46.8 Å². The molecule has 0 aliphatic carbocycles. The van der Waals surface area contributed by atoms with Crippen molar-refractivity contribution in [2.75, 3.05) is 7.05 Å². The lowest BCUT2D eigenvalue weighted by atomic mass is 9.93. The maximum Gasteiger partial charge on any atom is 0.417 e. The van der Waals surface area contributed by atoms with Gasteiger partial charge in [0.15, 0.2) is 0 Å². The molecule has 2 amide bonds. The van der Waals surface area contributed by atoms with E-state index in [1.165, 1.54) is 28.6 Å². The molecule has 0 saturated heterocycles. The van der Waals surface area contributed by atoms with Gasteiger partial charge < -0.3 is 10.2 Å². The van der Waals surface area contributed by atoms with Gasteiger partial charge in [-0.3, -0.25) is 19.0 Å². The lowest BCUT2D eigenvalue weighted by molar-refractivity contribution is -0.138. The van der Waals surface area contributed by atoms with Gasteiger partial charge in [0.2, 0.25) is 0 Å². The molecule has 1 atom stereocenters. The van der Waals surface area contributed by atoms with Crippen LogP contribution in [-0.2, 0) is 25.6 Å². The van der Waals surface area contributed by atoms with Crippen LogP contribution in [0.1, 0.15) is 77.7 Å². The summed E-state index contributed by atoms with van der Waals surface area (Å²) < 4.78 is 43.7. The molecule has 2 aromatic carbocycles. The molecule has 1 N–H and O–H groups in total. The molecule has 8 nitrogen and oxygen atoms in total. The Hall–Kier alpha value is -3.87. The molecular formula is C32H34BBrF3N5O3. The van der Waals surface area contributed by atoms with E-state index in [4.69, 9.17) is 7.85 Å². The fourth-order valence-electron chi connectivity index (χ4n) is 5.51. The fourth-order valence-corrected chi connectivity index (χ4v) is 5.98. The second-order valence-corrected chi connectivity index (χ2v) is 11.9. The number of carbonyl (C=O) groups excluding carboxylic acids is 2. The average Bonchev–Trinajstić information content (AvgIpc) is 3.32. The van der Waals surface area contributed by atoms with Crippen molar-refractivity contribution in [3.8, 4) is 5.69 Å². The van der Waals surface area contributed by atoms with Crippen LogP contribution in [0.2, 0.25) is 0 Å². The molecule has 1 aliphatic rings. The highest BCUT2D eigenvalue weighted by Crippen LogP contribution is 2.36. The van der Waals surface area contributed by atoms with E-state index in [0.29, 0.717) is 40.1 Å². The van der Waals surface area contributed by atoms with E-state index in [2.05, 4.69) is 26.3 Å². The van der Waals surface area contributed by atoms with Crippen LogP contribution in [0.3, 0.4) is 0 Å². The zero-order valence-electron chi connectivity index (χ0n) is 25.9. The number of alkyl halides is 3. The lowest BCUT2D eigenvalue weighted by Crippen LogP contribution is -2.46. The first-order valence-electron chi connectivity index (χ1n) is 14.7. The Kier molecular flexibility index (Phi) is 10.0. The molecule has 2 aromatic heterocycles. The summed E-state index contributed by atoms with van der Waals surface area (Å²) in [6.45, 7) is 9.71. The zero-order chi connectivity index (χ0) is 33.4. The van der Waals surface area contributed by atoms with Crippen molar-refractivity contribution in [2.24, 2.45) is 5.92 Å². The minimum atomic E-state index is -4.65. The van der Waals surface area contributed by atoms with E-state index in [-0.39, 0.29) is 46.0 Å². The summed E-state index contributed by atoms with van der Waals surface area (Å²) in [5.74, 6) is -0.695. The molecule has 5 rings (SSSR count). The maximum absolute atomic E-state index is 14.2. The van der Waals surface area contributed by atoms with Gasteiger partial charge in [-0.25, -0.2) is 4.52 Å². The topological polar surface area (TPSA) is 88.7 Å². The predicted octanol–water partition coefficient (Wildman–Crippen LogP) is 5.23. The zero-order valence-corrected chi connectivity index (χ0v) is 27.5. The molecule has 45 heavy (non-hydrogen) atoms. The van der Waals surface area contributed by atoms with Crippen LogP contribution in [0.25, 0.3) is 11.3 Å². The summed E-state index contributed by atoms with van der Waals surface area (Å²) in [4.78, 5) is 41.4. The summed E-state index contributed by atoms with van der Waals surface area (Å²) in [5, 5.41) is 7.16. The number of aromatic nitrogens is 3. The van der Waals surface area contributed by atoms with Gasteiger partial charge in [0.25, 0.3) is 17.4 Å². The van der Waals surface area contributed by atoms with Crippen molar-refractivity contribution in [3.63, 3.8) is 0 Å². The number of nitrogens with one attached hydrogen (secondary N) is 1. The number of carbonyl (C=O) groups is 2. The molecule has 0 saturated carbocycles. The van der Waals surface area contributed by atoms with Crippen molar-refractivity contribution in [2.45, 2.75) is 66.2 Å². The van der Waals surface area contributed by atoms with Gasteiger partial charge in [0.1, 0.15) is 13.5 Å². The summed E-state index contributed by atoms with van der Waals surface area (Å²) in [6, 6.07) is 9.46. The molecule has 4 aromatic rings. The minimum absolute atomic E-state index is 0.0584. The number of nitrogens with zero attached hydrogens (tertiary/aromatic N) is 4. The van der Waals surface area contributed by atoms with Gasteiger partial charge in [-0.15, -0.1) is 0 Å². The number of amides is 2. The van der Waals surface area contributed by atoms with Crippen LogP contribution in [-0.4, -0.2) is 51.8 Å². The lowest BCUT2D eigenvalue weighted by Gasteiger charge is -2.35. The van der Waals surface area contributed by atoms with Gasteiger partial charge in [0.05, 0.1) is 23.5 Å². The molecule has 13 heteroatoms. The predicted molar refractivity (Wildman–Crippen MR) is 172 cm³/mol. The standard InChI is InChI=1S/C30H28BBrF3N5O3.C2H6/c1-15(2)11-21-25(31)37-40-24-14-38(28(42)18-7-10-23(32)22(13-18)30(33,34)35)16(3)12-20(24)29(43)39(27(21)40)19-8-5-17(6-9-19)26(41)36-4;1-2/h5-10,13,15-16H,11-12,14H2,1-4H3,(H,36,41);1-2H3. The Bertz CT molecular complexity index is 1820. The fraction of sp³-hybridized carbons (Fsp3) is 0.375. The molecule has 3 heterocycles. The van der Waals surface area contributed by atoms with E-state index in [1.54, 1.807) is 35.7 Å². The quantitative estimate of drug-likeness (QED) is 0.292. The van der Waals surface area contributed by atoms with Gasteiger partial charge in [-0.1, -0.05) is 43.6 Å². The SMILES string of the molecule is CC.[B]c1nn2c3c(c(=O)n(-c4ccc(C(=O)NC)cc4)c2c1CC(C)C)CC(C)N(C(=O)c1ccc(Br)c(C(F)(F)F)c1)C3. The second kappa shape index (κ2) is 13.2. The van der Waals surface area contributed by atoms with Gasteiger partial charge in [-0.2, -0.15) is 18.3 Å². The van der Waals surface area contributed by atoms with E-state index in [0.717, 1.165) is 6.07 Å². The molecule has 0 fully saturated rings. The largest absolute Gasteiger partial charge is 0.417 e. The first-order valence-corrected chi connectivity index (χ1v) is 15.5. The Morgan fingerprint density at radius 1 is 1.11 bits per heavy atom. The van der Waals surface area contributed by atoms with E-state index in [1.807, 2.05) is 27.7 Å². The first-order chi connectivity index (χ1) is 21.2. The van der Waals surface area contributed by atoms with Crippen LogP contribution in [0.5, 0.6) is 0 Å². The monoisotopic (exact) mass is 683 g/mol. The molecular weight excluding hydrogens is 650 g/mol. The highest BCUT2D eigenvalue weighted by molar-refractivity contribution is 9.10. The van der Waals surface area contributed by atoms with Crippen molar-refractivity contribution < 1.29 is 22.8 Å². The number of benzene rings is 2. The Labute approximate surface area is 269 Å². The first kappa shape index (κ1) is 34.0. The van der Waals surface area contributed by atoms with Gasteiger partial charge in [-0.05, 0) is 68.1 Å². The van der Waals surface area contributed by atoms with Crippen molar-refractivity contribution in [3.05, 3.63) is 90.8 Å². The molecule has 2 radical (unpaired) electrons. The van der Waals surface area contributed by atoms with Crippen LogP contribution in [0.4, 0.5) is 13.2 Å². The van der Waals surface area contributed by atoms with E-state index in [9.17, 15) is 27.6 Å². The third kappa shape index (κ3) is 6.45. The third-order valence-electron chi connectivity index (χ3n) is 7.62. The summed E-state index contributed by atoms with van der Waals surface area (Å²) in [5.41, 5.74) is 1.74. The number of hydrogen-bond donors (Lipinski definition) is 1. The Morgan fingerprint density at radius 3 is 2.31 bits per heavy atom. The third-order valence-corrected chi connectivity index (χ3v) is 8.31. The number of halogens is 4. The van der Waals surface area contributed by atoms with E-state index >= 15 is 0 Å². The number of fused-ring (bicyclic) bond motifs is 3. The average molecular weight is 684 g/mol. The molecule has 236 valence electrons. The maximum atomic E-state index is 14.2. The van der Waals surface area contributed by atoms with Crippen LogP contribution >= 0.6 is 15.9 Å². The van der Waals surface area contributed by atoms with Crippen molar-refractivity contribution in [1.29, 1.82) is 0 Å². The second-order valence-electron chi connectivity index (χ2n) is 11.1. The summed E-state index contributed by atoms with van der Waals surface area (Å²) in [7, 11) is 7.94. The highest BCUT2D eigenvalue weighted by Gasteiger charge is 2.36. The number of rotatable bonds is 5. The van der Waals surface area contributed by atoms with Crippen LogP contribution < -0.4 is 16.5 Å². The van der Waals surface area contributed by atoms with Crippen LogP contribution in [0.15, 0.2) is 51.7 Å². The minimum Gasteiger partial charge on any atom is -0.355 e. The smallest absolute Gasteiger partial charge is 0.355 e. The highest BCUT2D eigenvalue weighted by atomic mass is 79.9.